The van der Waals surface area contributed by atoms with Crippen molar-refractivity contribution in [2.75, 3.05) is 0 Å². The van der Waals surface area contributed by atoms with Crippen LogP contribution in [0.1, 0.15) is 22.0 Å². The number of pyridine rings is 1. The minimum atomic E-state index is -1.16. The first-order valence-electron chi connectivity index (χ1n) is 5.85. The standard InChI is InChI=1S/C14H12N2O4/c17-11-7-6-10(8-15-11)13(18)16-12(14(19)20)9-4-2-1-3-5-9/h1-8,12H,(H,15,17)(H,16,18)(H,19,20)/t12-/m0/s1. The second-order valence-electron chi connectivity index (χ2n) is 4.10. The summed E-state index contributed by atoms with van der Waals surface area (Å²) in [6.45, 7) is 0. The van der Waals surface area contributed by atoms with Gasteiger partial charge in [-0.05, 0) is 11.6 Å². The first-order valence-corrected chi connectivity index (χ1v) is 5.85. The van der Waals surface area contributed by atoms with E-state index in [1.54, 1.807) is 30.3 Å². The Morgan fingerprint density at radius 3 is 2.35 bits per heavy atom. The average molecular weight is 272 g/mol. The zero-order valence-corrected chi connectivity index (χ0v) is 10.4. The van der Waals surface area contributed by atoms with Gasteiger partial charge >= 0.3 is 5.97 Å². The predicted octanol–water partition coefficient (Wildman–Crippen LogP) is 0.931. The van der Waals surface area contributed by atoms with Crippen LogP contribution < -0.4 is 10.9 Å². The molecule has 2 rings (SSSR count). The van der Waals surface area contributed by atoms with Crippen molar-refractivity contribution in [2.24, 2.45) is 0 Å². The number of aromatic nitrogens is 1. The topological polar surface area (TPSA) is 99.3 Å². The highest BCUT2D eigenvalue weighted by molar-refractivity contribution is 5.96. The number of carboxylic acids is 1. The van der Waals surface area contributed by atoms with Crippen molar-refractivity contribution in [3.63, 3.8) is 0 Å². The number of benzene rings is 1. The van der Waals surface area contributed by atoms with E-state index in [-0.39, 0.29) is 11.1 Å². The molecule has 20 heavy (non-hydrogen) atoms. The number of aliphatic carboxylic acids is 1. The molecule has 6 nitrogen and oxygen atoms in total. The van der Waals surface area contributed by atoms with Crippen LogP contribution in [0.2, 0.25) is 0 Å². The molecule has 0 saturated heterocycles. The van der Waals surface area contributed by atoms with Crippen LogP contribution in [0.25, 0.3) is 0 Å². The van der Waals surface area contributed by atoms with Gasteiger partial charge in [-0.2, -0.15) is 0 Å². The van der Waals surface area contributed by atoms with Gasteiger partial charge in [0.2, 0.25) is 5.56 Å². The molecule has 1 aromatic heterocycles. The molecule has 1 amide bonds. The molecule has 1 aromatic carbocycles. The van der Waals surface area contributed by atoms with Crippen molar-refractivity contribution in [1.29, 1.82) is 0 Å². The van der Waals surface area contributed by atoms with E-state index in [4.69, 9.17) is 0 Å². The van der Waals surface area contributed by atoms with E-state index in [2.05, 4.69) is 10.3 Å². The summed E-state index contributed by atoms with van der Waals surface area (Å²) < 4.78 is 0. The van der Waals surface area contributed by atoms with Gasteiger partial charge < -0.3 is 15.4 Å². The van der Waals surface area contributed by atoms with Crippen molar-refractivity contribution in [2.45, 2.75) is 6.04 Å². The third-order valence-electron chi connectivity index (χ3n) is 2.70. The summed E-state index contributed by atoms with van der Waals surface area (Å²) in [6, 6.07) is 9.76. The van der Waals surface area contributed by atoms with Gasteiger partial charge in [-0.3, -0.25) is 9.59 Å². The van der Waals surface area contributed by atoms with Crippen LogP contribution in [0.5, 0.6) is 0 Å². The molecule has 0 fully saturated rings. The summed E-state index contributed by atoms with van der Waals surface area (Å²) in [5.74, 6) is -1.73. The molecule has 0 saturated carbocycles. The molecule has 0 aliphatic carbocycles. The maximum atomic E-state index is 11.9. The van der Waals surface area contributed by atoms with Gasteiger partial charge in [-0.25, -0.2) is 4.79 Å². The summed E-state index contributed by atoms with van der Waals surface area (Å²) >= 11 is 0. The molecule has 2 aromatic rings. The van der Waals surface area contributed by atoms with Crippen LogP contribution in [0.3, 0.4) is 0 Å². The molecule has 3 N–H and O–H groups in total. The quantitative estimate of drug-likeness (QED) is 0.771. The SMILES string of the molecule is O=C(N[C@H](C(=O)O)c1ccccc1)c1ccc(=O)[nH]c1. The fourth-order valence-corrected chi connectivity index (χ4v) is 1.70. The van der Waals surface area contributed by atoms with Crippen LogP contribution in [0, 0.1) is 0 Å². The van der Waals surface area contributed by atoms with Crippen molar-refractivity contribution in [3.05, 3.63) is 70.1 Å². The van der Waals surface area contributed by atoms with E-state index in [1.807, 2.05) is 0 Å². The Labute approximate surface area is 114 Å². The van der Waals surface area contributed by atoms with Crippen molar-refractivity contribution >= 4 is 11.9 Å². The van der Waals surface area contributed by atoms with Crippen LogP contribution in [0.4, 0.5) is 0 Å². The number of carbonyl (C=O) groups is 2. The Kier molecular flexibility index (Phi) is 3.95. The predicted molar refractivity (Wildman–Crippen MR) is 71.3 cm³/mol. The Morgan fingerprint density at radius 2 is 1.80 bits per heavy atom. The molecule has 6 heteroatoms. The van der Waals surface area contributed by atoms with Crippen molar-refractivity contribution in [3.8, 4) is 0 Å². The third kappa shape index (κ3) is 3.11. The number of nitrogens with one attached hydrogen (secondary N) is 2. The van der Waals surface area contributed by atoms with Gasteiger partial charge in [0.05, 0.1) is 5.56 Å². The lowest BCUT2D eigenvalue weighted by atomic mass is 10.1. The largest absolute Gasteiger partial charge is 0.479 e. The molecular formula is C14H12N2O4. The first kappa shape index (κ1) is 13.5. The molecular weight excluding hydrogens is 260 g/mol. The van der Waals surface area contributed by atoms with Crippen LogP contribution in [-0.2, 0) is 4.79 Å². The number of rotatable bonds is 4. The number of carbonyl (C=O) groups excluding carboxylic acids is 1. The van der Waals surface area contributed by atoms with Crippen LogP contribution in [-0.4, -0.2) is 22.0 Å². The van der Waals surface area contributed by atoms with E-state index in [9.17, 15) is 19.5 Å². The number of amides is 1. The van der Waals surface area contributed by atoms with E-state index >= 15 is 0 Å². The molecule has 1 atom stereocenters. The Balaban J connectivity index is 2.21. The van der Waals surface area contributed by atoms with Crippen molar-refractivity contribution in [1.82, 2.24) is 10.3 Å². The summed E-state index contributed by atoms with van der Waals surface area (Å²) in [5, 5.41) is 11.6. The van der Waals surface area contributed by atoms with Gasteiger partial charge in [0, 0.05) is 12.3 Å². The highest BCUT2D eigenvalue weighted by Crippen LogP contribution is 2.13. The molecule has 0 radical (unpaired) electrons. The lowest BCUT2D eigenvalue weighted by Crippen LogP contribution is -2.34. The molecule has 0 aliphatic heterocycles. The van der Waals surface area contributed by atoms with Gasteiger partial charge in [-0.1, -0.05) is 30.3 Å². The zero-order chi connectivity index (χ0) is 14.5. The monoisotopic (exact) mass is 272 g/mol. The number of hydrogen-bond acceptors (Lipinski definition) is 3. The van der Waals surface area contributed by atoms with Crippen molar-refractivity contribution < 1.29 is 14.7 Å². The minimum Gasteiger partial charge on any atom is -0.479 e. The zero-order valence-electron chi connectivity index (χ0n) is 10.4. The number of carboxylic acid groups (broad SMARTS) is 1. The number of hydrogen-bond donors (Lipinski definition) is 3. The fourth-order valence-electron chi connectivity index (χ4n) is 1.70. The molecule has 102 valence electrons. The van der Waals surface area contributed by atoms with E-state index in [0.717, 1.165) is 0 Å². The fraction of sp³-hybridized carbons (Fsp3) is 0.0714. The normalized spacial score (nSPS) is 11.6. The molecule has 0 aliphatic rings. The highest BCUT2D eigenvalue weighted by atomic mass is 16.4. The lowest BCUT2D eigenvalue weighted by Gasteiger charge is -2.14. The Bertz CT molecular complexity index is 659. The third-order valence-corrected chi connectivity index (χ3v) is 2.70. The first-order chi connectivity index (χ1) is 9.58. The second-order valence-corrected chi connectivity index (χ2v) is 4.10. The van der Waals surface area contributed by atoms with Gasteiger partial charge in [-0.15, -0.1) is 0 Å². The molecule has 1 heterocycles. The Morgan fingerprint density at radius 1 is 1.10 bits per heavy atom. The molecule has 0 unspecified atom stereocenters. The van der Waals surface area contributed by atoms with E-state index in [1.165, 1.54) is 18.3 Å². The molecule has 0 bridgehead atoms. The highest BCUT2D eigenvalue weighted by Gasteiger charge is 2.22. The van der Waals surface area contributed by atoms with E-state index < -0.39 is 17.9 Å². The number of aromatic amines is 1. The van der Waals surface area contributed by atoms with Crippen LogP contribution >= 0.6 is 0 Å². The minimum absolute atomic E-state index is 0.187. The van der Waals surface area contributed by atoms with Crippen LogP contribution in [0.15, 0.2) is 53.5 Å². The maximum absolute atomic E-state index is 11.9. The van der Waals surface area contributed by atoms with Gasteiger partial charge in [0.15, 0.2) is 6.04 Å². The average Bonchev–Trinajstić information content (AvgIpc) is 2.46. The summed E-state index contributed by atoms with van der Waals surface area (Å²) in [7, 11) is 0. The number of H-pyrrole nitrogens is 1. The summed E-state index contributed by atoms with van der Waals surface area (Å²) in [4.78, 5) is 36.5. The second kappa shape index (κ2) is 5.83. The van der Waals surface area contributed by atoms with Gasteiger partial charge in [0.1, 0.15) is 0 Å². The smallest absolute Gasteiger partial charge is 0.330 e. The maximum Gasteiger partial charge on any atom is 0.330 e. The van der Waals surface area contributed by atoms with Gasteiger partial charge in [0.25, 0.3) is 5.91 Å². The lowest BCUT2D eigenvalue weighted by molar-refractivity contribution is -0.139. The summed E-state index contributed by atoms with van der Waals surface area (Å²) in [5.41, 5.74) is 0.323. The summed E-state index contributed by atoms with van der Waals surface area (Å²) in [6.07, 6.45) is 1.24. The van der Waals surface area contributed by atoms with E-state index in [0.29, 0.717) is 5.56 Å². The Hall–Kier alpha value is -2.89. The molecule has 0 spiro atoms.